The normalized spacial score (nSPS) is 11.1. The quantitative estimate of drug-likeness (QED) is 0.243. The molecular weight excluding hydrogens is 312 g/mol. The number of ketones is 1. The van der Waals surface area contributed by atoms with Gasteiger partial charge in [-0.25, -0.2) is 4.79 Å². The van der Waals surface area contributed by atoms with Crippen molar-refractivity contribution in [2.24, 2.45) is 0 Å². The number of benzene rings is 2. The van der Waals surface area contributed by atoms with Crippen molar-refractivity contribution in [1.29, 1.82) is 0 Å². The average molecular weight is 334 g/mol. The van der Waals surface area contributed by atoms with E-state index in [-0.39, 0.29) is 5.78 Å². The molecule has 0 spiro atoms. The van der Waals surface area contributed by atoms with Crippen molar-refractivity contribution in [3.8, 4) is 11.8 Å². The van der Waals surface area contributed by atoms with E-state index in [4.69, 9.17) is 4.74 Å². The summed E-state index contributed by atoms with van der Waals surface area (Å²) < 4.78 is 5.50. The zero-order valence-electron chi connectivity index (χ0n) is 14.4. The van der Waals surface area contributed by atoms with Crippen molar-refractivity contribution >= 4 is 11.8 Å². The van der Waals surface area contributed by atoms with E-state index in [1.165, 1.54) is 0 Å². The van der Waals surface area contributed by atoms with Gasteiger partial charge in [0.2, 0.25) is 5.78 Å². The van der Waals surface area contributed by atoms with Crippen molar-refractivity contribution in [2.75, 3.05) is 0 Å². The highest BCUT2D eigenvalue weighted by atomic mass is 16.5. The number of ether oxygens (including phenoxy) is 1. The van der Waals surface area contributed by atoms with Crippen molar-refractivity contribution in [3.05, 3.63) is 71.8 Å². The number of esters is 1. The zero-order chi connectivity index (χ0) is 17.9. The molecule has 3 nitrogen and oxygen atoms in total. The lowest BCUT2D eigenvalue weighted by atomic mass is 10.1. The van der Waals surface area contributed by atoms with Gasteiger partial charge in [0.1, 0.15) is 0 Å². The first-order valence-corrected chi connectivity index (χ1v) is 8.57. The van der Waals surface area contributed by atoms with Crippen LogP contribution in [0.2, 0.25) is 0 Å². The van der Waals surface area contributed by atoms with Crippen LogP contribution in [-0.2, 0) is 4.74 Å². The molecule has 1 unspecified atom stereocenters. The molecule has 0 radical (unpaired) electrons. The summed E-state index contributed by atoms with van der Waals surface area (Å²) in [6.07, 6.45) is 3.05. The van der Waals surface area contributed by atoms with Crippen LogP contribution >= 0.6 is 0 Å². The number of carbonyl (C=O) groups is 2. The summed E-state index contributed by atoms with van der Waals surface area (Å²) in [5.74, 6) is 4.77. The van der Waals surface area contributed by atoms with Gasteiger partial charge in [-0.3, -0.25) is 4.79 Å². The number of rotatable bonds is 7. The molecular formula is C22H22O3. The van der Waals surface area contributed by atoms with E-state index in [0.29, 0.717) is 17.5 Å². The van der Waals surface area contributed by atoms with E-state index >= 15 is 0 Å². The molecule has 0 bridgehead atoms. The summed E-state index contributed by atoms with van der Waals surface area (Å²) >= 11 is 0. The molecule has 2 aromatic carbocycles. The van der Waals surface area contributed by atoms with Crippen molar-refractivity contribution < 1.29 is 14.3 Å². The maximum Gasteiger partial charge on any atom is 0.339 e. The van der Waals surface area contributed by atoms with Crippen LogP contribution in [0.3, 0.4) is 0 Å². The monoisotopic (exact) mass is 334 g/mol. The topological polar surface area (TPSA) is 43.4 Å². The maximum absolute atomic E-state index is 12.2. The van der Waals surface area contributed by atoms with Gasteiger partial charge in [0.05, 0.1) is 5.56 Å². The Hall–Kier alpha value is -2.86. The van der Waals surface area contributed by atoms with Gasteiger partial charge in [-0.05, 0) is 36.8 Å². The van der Waals surface area contributed by atoms with Gasteiger partial charge >= 0.3 is 5.97 Å². The molecule has 0 N–H and O–H groups in total. The molecule has 128 valence electrons. The van der Waals surface area contributed by atoms with Gasteiger partial charge in [0.15, 0.2) is 6.10 Å². The number of hydrogen-bond acceptors (Lipinski definition) is 3. The molecule has 0 aromatic heterocycles. The van der Waals surface area contributed by atoms with Crippen molar-refractivity contribution in [3.63, 3.8) is 0 Å². The summed E-state index contributed by atoms with van der Waals surface area (Å²) in [7, 11) is 0. The van der Waals surface area contributed by atoms with E-state index in [1.54, 1.807) is 48.5 Å². The van der Waals surface area contributed by atoms with Crippen LogP contribution in [0.15, 0.2) is 60.7 Å². The van der Waals surface area contributed by atoms with Crippen LogP contribution in [0, 0.1) is 11.8 Å². The summed E-state index contributed by atoms with van der Waals surface area (Å²) in [4.78, 5) is 24.3. The minimum atomic E-state index is -0.577. The first kappa shape index (κ1) is 18.5. The highest BCUT2D eigenvalue weighted by Gasteiger charge is 2.14. The second-order valence-electron chi connectivity index (χ2n) is 5.72. The van der Waals surface area contributed by atoms with Crippen LogP contribution in [0.1, 0.15) is 53.3 Å². The van der Waals surface area contributed by atoms with Gasteiger partial charge in [-0.1, -0.05) is 68.3 Å². The van der Waals surface area contributed by atoms with Gasteiger partial charge in [-0.2, -0.15) is 0 Å². The van der Waals surface area contributed by atoms with Gasteiger partial charge < -0.3 is 4.74 Å². The summed E-state index contributed by atoms with van der Waals surface area (Å²) in [5, 5.41) is 0. The Morgan fingerprint density at radius 3 is 2.12 bits per heavy atom. The van der Waals surface area contributed by atoms with Gasteiger partial charge in [0, 0.05) is 5.56 Å². The van der Waals surface area contributed by atoms with E-state index in [9.17, 15) is 9.59 Å². The third-order valence-electron chi connectivity index (χ3n) is 3.71. The highest BCUT2D eigenvalue weighted by Crippen LogP contribution is 2.10. The summed E-state index contributed by atoms with van der Waals surface area (Å²) in [6, 6.07) is 17.7. The van der Waals surface area contributed by atoms with E-state index in [2.05, 4.69) is 18.8 Å². The number of unbranched alkanes of at least 4 members (excludes halogenated alkanes) is 2. The van der Waals surface area contributed by atoms with E-state index in [0.717, 1.165) is 19.3 Å². The Morgan fingerprint density at radius 2 is 1.52 bits per heavy atom. The van der Waals surface area contributed by atoms with Crippen molar-refractivity contribution in [2.45, 2.75) is 38.7 Å². The standard InChI is InChI=1S/C22H22O3/c1-2-3-6-15-20(25-22(24)19-13-9-5-10-14-19)16-17-21(23)18-11-7-4-8-12-18/h4-5,7-14,20H,2-3,6,15H2,1H3. The molecule has 0 fully saturated rings. The Morgan fingerprint density at radius 1 is 0.920 bits per heavy atom. The minimum absolute atomic E-state index is 0.267. The minimum Gasteiger partial charge on any atom is -0.446 e. The van der Waals surface area contributed by atoms with Crippen LogP contribution in [0.25, 0.3) is 0 Å². The lowest BCUT2D eigenvalue weighted by Gasteiger charge is -2.12. The Kier molecular flexibility index (Phi) is 7.46. The lowest BCUT2D eigenvalue weighted by Crippen LogP contribution is -2.17. The van der Waals surface area contributed by atoms with Crippen LogP contribution < -0.4 is 0 Å². The average Bonchev–Trinajstić information content (AvgIpc) is 2.67. The molecule has 2 aromatic rings. The lowest BCUT2D eigenvalue weighted by molar-refractivity contribution is 0.0392. The van der Waals surface area contributed by atoms with Gasteiger partial charge in [0.25, 0.3) is 0 Å². The molecule has 0 saturated heterocycles. The second kappa shape index (κ2) is 10.1. The Labute approximate surface area is 149 Å². The number of carbonyl (C=O) groups excluding carboxylic acids is 2. The van der Waals surface area contributed by atoms with E-state index in [1.807, 2.05) is 12.1 Å². The van der Waals surface area contributed by atoms with Crippen LogP contribution in [0.4, 0.5) is 0 Å². The smallest absolute Gasteiger partial charge is 0.339 e. The molecule has 0 saturated carbocycles. The van der Waals surface area contributed by atoms with Crippen molar-refractivity contribution in [1.82, 2.24) is 0 Å². The fourth-order valence-corrected chi connectivity index (χ4v) is 2.32. The third-order valence-corrected chi connectivity index (χ3v) is 3.71. The highest BCUT2D eigenvalue weighted by molar-refractivity contribution is 6.09. The van der Waals surface area contributed by atoms with Crippen LogP contribution in [0.5, 0.6) is 0 Å². The Bertz CT molecular complexity index is 739. The molecule has 3 heteroatoms. The summed E-state index contributed by atoms with van der Waals surface area (Å²) in [5.41, 5.74) is 1.02. The van der Waals surface area contributed by atoms with E-state index < -0.39 is 12.1 Å². The Balaban J connectivity index is 2.06. The SMILES string of the molecule is CCCCCC(C#CC(=O)c1ccccc1)OC(=O)c1ccccc1. The molecule has 1 atom stereocenters. The molecule has 0 aliphatic heterocycles. The predicted octanol–water partition coefficient (Wildman–Crippen LogP) is 4.68. The molecule has 0 amide bonds. The molecule has 0 aliphatic rings. The molecule has 0 heterocycles. The summed E-state index contributed by atoms with van der Waals surface area (Å²) in [6.45, 7) is 2.11. The van der Waals surface area contributed by atoms with Crippen LogP contribution in [-0.4, -0.2) is 17.9 Å². The molecule has 0 aliphatic carbocycles. The van der Waals surface area contributed by atoms with Gasteiger partial charge in [-0.15, -0.1) is 0 Å². The second-order valence-corrected chi connectivity index (χ2v) is 5.72. The maximum atomic E-state index is 12.2. The first-order valence-electron chi connectivity index (χ1n) is 8.57. The molecule has 2 rings (SSSR count). The number of Topliss-reactive ketones (excluding diaryl/α,β-unsaturated/α-hetero) is 1. The first-order chi connectivity index (χ1) is 12.2. The zero-order valence-corrected chi connectivity index (χ0v) is 14.4. The fourth-order valence-electron chi connectivity index (χ4n) is 2.32. The number of hydrogen-bond donors (Lipinski definition) is 0. The molecule has 25 heavy (non-hydrogen) atoms. The fraction of sp³-hybridized carbons (Fsp3) is 0.273. The third kappa shape index (κ3) is 6.27. The largest absolute Gasteiger partial charge is 0.446 e. The predicted molar refractivity (Wildman–Crippen MR) is 98.3 cm³/mol.